The predicted molar refractivity (Wildman–Crippen MR) is 51.1 cm³/mol. The van der Waals surface area contributed by atoms with Crippen LogP contribution in [0.2, 0.25) is 0 Å². The first-order chi connectivity index (χ1) is 6.38. The third-order valence-electron chi connectivity index (χ3n) is 1.39. The van der Waals surface area contributed by atoms with Crippen molar-refractivity contribution in [2.24, 2.45) is 0 Å². The van der Waals surface area contributed by atoms with E-state index in [4.69, 9.17) is 4.74 Å². The summed E-state index contributed by atoms with van der Waals surface area (Å²) in [4.78, 5) is 11.3. The lowest BCUT2D eigenvalue weighted by Crippen LogP contribution is -2.27. The highest BCUT2D eigenvalue weighted by Gasteiger charge is 2.17. The van der Waals surface area contributed by atoms with Crippen molar-refractivity contribution in [3.8, 4) is 0 Å². The van der Waals surface area contributed by atoms with Gasteiger partial charge >= 0.3 is 6.09 Å². The Bertz CT molecular complexity index is 325. The number of anilines is 1. The lowest BCUT2D eigenvalue weighted by Gasteiger charge is -2.19. The molecule has 5 heteroatoms. The van der Waals surface area contributed by atoms with Crippen molar-refractivity contribution in [1.29, 1.82) is 0 Å². The average Bonchev–Trinajstić information content (AvgIpc) is 2.32. The fraction of sp³-hybridized carbons (Fsp3) is 0.556. The van der Waals surface area contributed by atoms with Gasteiger partial charge in [0.2, 0.25) is 0 Å². The monoisotopic (exact) mass is 198 g/mol. The van der Waals surface area contributed by atoms with E-state index in [-0.39, 0.29) is 0 Å². The first-order valence-corrected chi connectivity index (χ1v) is 4.29. The molecule has 5 nitrogen and oxygen atoms in total. The summed E-state index contributed by atoms with van der Waals surface area (Å²) in [5.74, 6) is 0. The molecule has 0 aliphatic rings. The number of carbonyl (C=O) groups excluding carboxylic acids is 1. The van der Waals surface area contributed by atoms with Gasteiger partial charge in [0.05, 0.1) is 0 Å². The van der Waals surface area contributed by atoms with E-state index in [9.17, 15) is 4.79 Å². The number of hydrogen-bond acceptors (Lipinski definition) is 4. The van der Waals surface area contributed by atoms with Crippen LogP contribution in [-0.2, 0) is 4.74 Å². The molecule has 0 fully saturated rings. The molecule has 0 aliphatic carbocycles. The van der Waals surface area contributed by atoms with Crippen LogP contribution in [0.15, 0.2) is 10.8 Å². The zero-order chi connectivity index (χ0) is 10.8. The lowest BCUT2D eigenvalue weighted by molar-refractivity contribution is 0.0635. The Labute approximate surface area is 82.4 Å². The van der Waals surface area contributed by atoms with Crippen LogP contribution in [0, 0.1) is 6.92 Å². The van der Waals surface area contributed by atoms with E-state index in [1.807, 2.05) is 0 Å². The van der Waals surface area contributed by atoms with Crippen LogP contribution in [0.25, 0.3) is 0 Å². The highest BCUT2D eigenvalue weighted by molar-refractivity contribution is 5.85. The second-order valence-electron chi connectivity index (χ2n) is 3.94. The molecule has 0 saturated carbocycles. The summed E-state index contributed by atoms with van der Waals surface area (Å²) >= 11 is 0. The van der Waals surface area contributed by atoms with E-state index >= 15 is 0 Å². The van der Waals surface area contributed by atoms with Crippen molar-refractivity contribution in [3.05, 3.63) is 12.0 Å². The zero-order valence-electron chi connectivity index (χ0n) is 8.75. The van der Waals surface area contributed by atoms with Crippen LogP contribution in [-0.4, -0.2) is 16.9 Å². The molecule has 0 bridgehead atoms. The second kappa shape index (κ2) is 3.69. The molecule has 1 rings (SSSR count). The van der Waals surface area contributed by atoms with Crippen molar-refractivity contribution < 1.29 is 14.1 Å². The van der Waals surface area contributed by atoms with Gasteiger partial charge in [-0.05, 0) is 27.7 Å². The van der Waals surface area contributed by atoms with Gasteiger partial charge in [0.25, 0.3) is 0 Å². The molecular formula is C9H14N2O3. The maximum atomic E-state index is 11.3. The Morgan fingerprint density at radius 1 is 1.57 bits per heavy atom. The minimum Gasteiger partial charge on any atom is -0.444 e. The van der Waals surface area contributed by atoms with E-state index < -0.39 is 11.7 Å². The number of aromatic nitrogens is 1. The van der Waals surface area contributed by atoms with Crippen LogP contribution in [0.1, 0.15) is 26.5 Å². The van der Waals surface area contributed by atoms with Gasteiger partial charge in [-0.3, -0.25) is 5.32 Å². The van der Waals surface area contributed by atoms with Gasteiger partial charge in [-0.2, -0.15) is 0 Å². The number of nitrogens with zero attached hydrogens (tertiary/aromatic N) is 1. The molecular weight excluding hydrogens is 184 g/mol. The Morgan fingerprint density at radius 3 is 2.64 bits per heavy atom. The molecule has 1 aromatic heterocycles. The Balaban J connectivity index is 2.54. The summed E-state index contributed by atoms with van der Waals surface area (Å²) in [7, 11) is 0. The van der Waals surface area contributed by atoms with E-state index in [2.05, 4.69) is 15.0 Å². The van der Waals surface area contributed by atoms with Crippen LogP contribution in [0.4, 0.5) is 10.5 Å². The standard InChI is InChI=1S/C9H14N2O3/c1-6-7(5-13-11-6)10-8(12)14-9(2,3)4/h5H,1-4H3,(H,10,12). The fourth-order valence-corrected chi connectivity index (χ4v) is 0.826. The fourth-order valence-electron chi connectivity index (χ4n) is 0.826. The van der Waals surface area contributed by atoms with Gasteiger partial charge in [-0.15, -0.1) is 0 Å². The highest BCUT2D eigenvalue weighted by Crippen LogP contribution is 2.14. The molecule has 1 aromatic rings. The van der Waals surface area contributed by atoms with Crippen LogP contribution < -0.4 is 5.32 Å². The largest absolute Gasteiger partial charge is 0.444 e. The van der Waals surface area contributed by atoms with Crippen molar-refractivity contribution in [1.82, 2.24) is 5.16 Å². The number of amides is 1. The first kappa shape index (κ1) is 10.6. The van der Waals surface area contributed by atoms with Gasteiger partial charge in [0, 0.05) is 0 Å². The topological polar surface area (TPSA) is 64.4 Å². The van der Waals surface area contributed by atoms with Gasteiger partial charge in [0.15, 0.2) is 0 Å². The molecule has 0 radical (unpaired) electrons. The Kier molecular flexibility index (Phi) is 2.78. The third kappa shape index (κ3) is 3.08. The number of hydrogen-bond donors (Lipinski definition) is 1. The normalized spacial score (nSPS) is 11.1. The van der Waals surface area contributed by atoms with Crippen molar-refractivity contribution in [3.63, 3.8) is 0 Å². The van der Waals surface area contributed by atoms with Crippen LogP contribution in [0.3, 0.4) is 0 Å². The van der Waals surface area contributed by atoms with Crippen molar-refractivity contribution in [2.45, 2.75) is 33.3 Å². The second-order valence-corrected chi connectivity index (χ2v) is 3.94. The third-order valence-corrected chi connectivity index (χ3v) is 1.39. The maximum Gasteiger partial charge on any atom is 0.412 e. The maximum absolute atomic E-state index is 11.3. The molecule has 1 N–H and O–H groups in total. The van der Waals surface area contributed by atoms with E-state index in [1.54, 1.807) is 27.7 Å². The first-order valence-electron chi connectivity index (χ1n) is 4.29. The van der Waals surface area contributed by atoms with Gasteiger partial charge < -0.3 is 9.26 Å². The van der Waals surface area contributed by atoms with Crippen LogP contribution >= 0.6 is 0 Å². The minimum atomic E-state index is -0.510. The van der Waals surface area contributed by atoms with E-state index in [0.717, 1.165) is 0 Å². The van der Waals surface area contributed by atoms with E-state index in [1.165, 1.54) is 6.26 Å². The molecule has 0 aliphatic heterocycles. The Hall–Kier alpha value is -1.52. The smallest absolute Gasteiger partial charge is 0.412 e. The summed E-state index contributed by atoms with van der Waals surface area (Å²) in [6, 6.07) is 0. The molecule has 0 atom stereocenters. The number of carbonyl (C=O) groups is 1. The van der Waals surface area contributed by atoms with Crippen molar-refractivity contribution >= 4 is 11.8 Å². The zero-order valence-corrected chi connectivity index (χ0v) is 8.75. The van der Waals surface area contributed by atoms with Gasteiger partial charge in [-0.25, -0.2) is 4.79 Å². The highest BCUT2D eigenvalue weighted by atomic mass is 16.6. The lowest BCUT2D eigenvalue weighted by atomic mass is 10.2. The number of nitrogens with one attached hydrogen (secondary N) is 1. The van der Waals surface area contributed by atoms with Gasteiger partial charge in [0.1, 0.15) is 23.2 Å². The molecule has 0 unspecified atom stereocenters. The molecule has 0 aromatic carbocycles. The summed E-state index contributed by atoms with van der Waals surface area (Å²) < 4.78 is 9.70. The van der Waals surface area contributed by atoms with Gasteiger partial charge in [-0.1, -0.05) is 5.16 Å². The number of ether oxygens (including phenoxy) is 1. The molecule has 1 heterocycles. The molecule has 78 valence electrons. The number of aryl methyl sites for hydroxylation is 1. The summed E-state index contributed by atoms with van der Waals surface area (Å²) in [6.07, 6.45) is 0.850. The average molecular weight is 198 g/mol. The molecule has 0 saturated heterocycles. The Morgan fingerprint density at radius 2 is 2.21 bits per heavy atom. The molecule has 14 heavy (non-hydrogen) atoms. The summed E-state index contributed by atoms with van der Waals surface area (Å²) in [5, 5.41) is 6.15. The van der Waals surface area contributed by atoms with Crippen LogP contribution in [0.5, 0.6) is 0 Å². The van der Waals surface area contributed by atoms with Crippen molar-refractivity contribution in [2.75, 3.05) is 5.32 Å². The molecule has 1 amide bonds. The predicted octanol–water partition coefficient (Wildman–Crippen LogP) is 2.33. The molecule has 0 spiro atoms. The minimum absolute atomic E-state index is 0.505. The quantitative estimate of drug-likeness (QED) is 0.752. The summed E-state index contributed by atoms with van der Waals surface area (Å²) in [5.41, 5.74) is 0.643. The SMILES string of the molecule is Cc1nocc1NC(=O)OC(C)(C)C. The number of rotatable bonds is 1. The van der Waals surface area contributed by atoms with E-state index in [0.29, 0.717) is 11.4 Å². The summed E-state index contributed by atoms with van der Waals surface area (Å²) in [6.45, 7) is 7.13.